The maximum absolute atomic E-state index is 12.3. The van der Waals surface area contributed by atoms with Crippen LogP contribution in [0, 0.1) is 11.3 Å². The summed E-state index contributed by atoms with van der Waals surface area (Å²) in [6.45, 7) is 4.17. The molecule has 0 spiro atoms. The maximum Gasteiger partial charge on any atom is 0.164 e. The van der Waals surface area contributed by atoms with E-state index in [1.807, 2.05) is 19.9 Å². The van der Waals surface area contributed by atoms with Crippen molar-refractivity contribution < 1.29 is 4.39 Å². The Labute approximate surface area is 180 Å². The van der Waals surface area contributed by atoms with Crippen LogP contribution >= 0.6 is 0 Å². The van der Waals surface area contributed by atoms with Gasteiger partial charge in [-0.25, -0.2) is 15.8 Å². The number of hydrogen-bond acceptors (Lipinski definition) is 8. The van der Waals surface area contributed by atoms with Gasteiger partial charge in [-0.2, -0.15) is 15.0 Å². The average Bonchev–Trinajstić information content (AvgIpc) is 3.16. The van der Waals surface area contributed by atoms with Gasteiger partial charge in [-0.3, -0.25) is 4.39 Å². The second-order valence-corrected chi connectivity index (χ2v) is 7.41. The predicted molar refractivity (Wildman–Crippen MR) is 118 cm³/mol. The number of hydrazine groups is 1. The lowest BCUT2D eigenvalue weighted by atomic mass is 10.1. The van der Waals surface area contributed by atoms with E-state index in [1.165, 1.54) is 11.2 Å². The molecule has 0 bridgehead atoms. The number of aromatic nitrogens is 4. The number of alkyl halides is 1. The third-order valence-corrected chi connectivity index (χ3v) is 4.50. The minimum Gasteiger partial charge on any atom is -0.397 e. The van der Waals surface area contributed by atoms with Crippen molar-refractivity contribution in [3.8, 4) is 11.9 Å². The van der Waals surface area contributed by atoms with Crippen molar-refractivity contribution in [2.45, 2.75) is 32.7 Å². The van der Waals surface area contributed by atoms with Crippen LogP contribution in [-0.2, 0) is 0 Å². The topological polar surface area (TPSA) is 135 Å². The molecular formula is C21H26FN9. The van der Waals surface area contributed by atoms with E-state index in [9.17, 15) is 4.39 Å². The Kier molecular flexibility index (Phi) is 6.99. The van der Waals surface area contributed by atoms with Crippen molar-refractivity contribution in [3.05, 3.63) is 48.1 Å². The van der Waals surface area contributed by atoms with E-state index in [2.05, 4.69) is 26.5 Å². The molecule has 0 amide bonds. The van der Waals surface area contributed by atoms with Gasteiger partial charge in [0.15, 0.2) is 11.5 Å². The molecule has 3 aromatic rings. The zero-order valence-corrected chi connectivity index (χ0v) is 17.6. The summed E-state index contributed by atoms with van der Waals surface area (Å²) in [7, 11) is 0. The lowest BCUT2D eigenvalue weighted by Crippen LogP contribution is -2.27. The highest BCUT2D eigenvalue weighted by Gasteiger charge is 2.14. The molecule has 3 rings (SSSR count). The van der Waals surface area contributed by atoms with Crippen LogP contribution in [0.15, 0.2) is 36.9 Å². The summed E-state index contributed by atoms with van der Waals surface area (Å²) in [6.07, 6.45) is 7.51. The molecule has 0 saturated carbocycles. The van der Waals surface area contributed by atoms with Gasteiger partial charge in [-0.1, -0.05) is 0 Å². The summed E-state index contributed by atoms with van der Waals surface area (Å²) in [5.41, 5.74) is 9.24. The molecule has 0 atom stereocenters. The van der Waals surface area contributed by atoms with Gasteiger partial charge in [0, 0.05) is 53.9 Å². The number of anilines is 1. The number of unbranched alkanes of at least 4 members (excludes halogenated alkanes) is 1. The van der Waals surface area contributed by atoms with Crippen molar-refractivity contribution in [2.24, 2.45) is 11.6 Å². The zero-order chi connectivity index (χ0) is 22.4. The molecule has 0 aliphatic rings. The first kappa shape index (κ1) is 22.0. The molecule has 9 nitrogen and oxygen atoms in total. The Balaban J connectivity index is 1.96. The average molecular weight is 424 g/mol. The van der Waals surface area contributed by atoms with Crippen molar-refractivity contribution in [2.75, 3.05) is 18.5 Å². The SMILES string of the molecule is CC(C)Nc1cc(-n2ncc3cc(C#N)cnc32)ncc1/C(N)=C/N(N)CCCCF. The zero-order valence-electron chi connectivity index (χ0n) is 17.6. The van der Waals surface area contributed by atoms with Crippen molar-refractivity contribution in [3.63, 3.8) is 0 Å². The number of nitrogens with two attached hydrogens (primary N) is 2. The molecule has 162 valence electrons. The predicted octanol–water partition coefficient (Wildman–Crippen LogP) is 2.69. The van der Waals surface area contributed by atoms with Crippen LogP contribution in [0.4, 0.5) is 10.1 Å². The number of fused-ring (bicyclic) bond motifs is 1. The smallest absolute Gasteiger partial charge is 0.164 e. The fraction of sp³-hybridized carbons (Fsp3) is 0.333. The minimum absolute atomic E-state index is 0.144. The number of rotatable bonds is 9. The monoisotopic (exact) mass is 423 g/mol. The van der Waals surface area contributed by atoms with Gasteiger partial charge in [-0.15, -0.1) is 0 Å². The highest BCUT2D eigenvalue weighted by atomic mass is 19.1. The molecule has 3 aromatic heterocycles. The number of hydrogen-bond donors (Lipinski definition) is 3. The van der Waals surface area contributed by atoms with Crippen molar-refractivity contribution in [1.82, 2.24) is 24.8 Å². The van der Waals surface area contributed by atoms with Crippen LogP contribution in [-0.4, -0.2) is 44.0 Å². The second kappa shape index (κ2) is 9.86. The van der Waals surface area contributed by atoms with E-state index in [1.54, 1.807) is 29.3 Å². The van der Waals surface area contributed by atoms with Crippen LogP contribution in [0.5, 0.6) is 0 Å². The molecule has 31 heavy (non-hydrogen) atoms. The number of nitriles is 1. The fourth-order valence-electron chi connectivity index (χ4n) is 3.07. The fourth-order valence-corrected chi connectivity index (χ4v) is 3.07. The van der Waals surface area contributed by atoms with E-state index in [0.29, 0.717) is 47.7 Å². The van der Waals surface area contributed by atoms with Crippen LogP contribution < -0.4 is 16.9 Å². The normalized spacial score (nSPS) is 11.7. The first-order valence-electron chi connectivity index (χ1n) is 9.98. The molecule has 0 unspecified atom stereocenters. The van der Waals surface area contributed by atoms with Crippen LogP contribution in [0.25, 0.3) is 22.5 Å². The Hall–Kier alpha value is -3.71. The molecule has 0 radical (unpaired) electrons. The van der Waals surface area contributed by atoms with Gasteiger partial charge < -0.3 is 16.1 Å². The summed E-state index contributed by atoms with van der Waals surface area (Å²) in [6, 6.07) is 5.79. The lowest BCUT2D eigenvalue weighted by molar-refractivity contribution is 0.363. The number of pyridine rings is 2. The number of halogens is 1. The van der Waals surface area contributed by atoms with Gasteiger partial charge in [0.25, 0.3) is 0 Å². The summed E-state index contributed by atoms with van der Waals surface area (Å²) >= 11 is 0. The van der Waals surface area contributed by atoms with Gasteiger partial charge in [0.2, 0.25) is 0 Å². The van der Waals surface area contributed by atoms with E-state index in [4.69, 9.17) is 16.8 Å². The third-order valence-electron chi connectivity index (χ3n) is 4.50. The van der Waals surface area contributed by atoms with Crippen LogP contribution in [0.2, 0.25) is 0 Å². The molecule has 0 saturated heterocycles. The summed E-state index contributed by atoms with van der Waals surface area (Å²) in [4.78, 5) is 8.85. The minimum atomic E-state index is -0.365. The van der Waals surface area contributed by atoms with Gasteiger partial charge in [-0.05, 0) is 32.8 Å². The number of nitrogens with zero attached hydrogens (tertiary/aromatic N) is 6. The van der Waals surface area contributed by atoms with E-state index >= 15 is 0 Å². The van der Waals surface area contributed by atoms with E-state index < -0.39 is 0 Å². The van der Waals surface area contributed by atoms with Crippen LogP contribution in [0.3, 0.4) is 0 Å². The quantitative estimate of drug-likeness (QED) is 0.272. The van der Waals surface area contributed by atoms with E-state index in [-0.39, 0.29) is 12.7 Å². The Morgan fingerprint density at radius 2 is 2.10 bits per heavy atom. The third kappa shape index (κ3) is 5.26. The molecule has 0 aliphatic carbocycles. The summed E-state index contributed by atoms with van der Waals surface area (Å²) in [5, 5.41) is 19.0. The summed E-state index contributed by atoms with van der Waals surface area (Å²) in [5.74, 6) is 6.52. The van der Waals surface area contributed by atoms with Crippen LogP contribution in [0.1, 0.15) is 37.8 Å². The highest BCUT2D eigenvalue weighted by Crippen LogP contribution is 2.25. The molecule has 5 N–H and O–H groups in total. The Bertz CT molecular complexity index is 1110. The first-order valence-corrected chi connectivity index (χ1v) is 9.98. The van der Waals surface area contributed by atoms with Crippen molar-refractivity contribution >= 4 is 22.4 Å². The van der Waals surface area contributed by atoms with Crippen molar-refractivity contribution in [1.29, 1.82) is 5.26 Å². The Morgan fingerprint density at radius 1 is 1.29 bits per heavy atom. The molecule has 0 aliphatic heterocycles. The standard InChI is InChI=1S/C21H26FN9/c1-14(2)29-19-8-20(31-21-16(11-28-31)7-15(9-23)10-27-21)26-12-17(19)18(24)13-30(25)6-4-3-5-22/h7-8,10-14H,3-6,24-25H2,1-2H3,(H,26,29)/b18-13-. The molecular weight excluding hydrogens is 397 g/mol. The van der Waals surface area contributed by atoms with Gasteiger partial charge >= 0.3 is 0 Å². The molecule has 10 heteroatoms. The molecule has 0 aromatic carbocycles. The van der Waals surface area contributed by atoms with E-state index in [0.717, 1.165) is 11.1 Å². The maximum atomic E-state index is 12.3. The molecule has 0 fully saturated rings. The summed E-state index contributed by atoms with van der Waals surface area (Å²) < 4.78 is 13.9. The lowest BCUT2D eigenvalue weighted by Gasteiger charge is -2.18. The molecule has 3 heterocycles. The van der Waals surface area contributed by atoms with Gasteiger partial charge in [0.1, 0.15) is 6.07 Å². The number of nitrogens with one attached hydrogen (secondary N) is 1. The largest absolute Gasteiger partial charge is 0.397 e. The Morgan fingerprint density at radius 3 is 2.81 bits per heavy atom. The second-order valence-electron chi connectivity index (χ2n) is 7.41. The highest BCUT2D eigenvalue weighted by molar-refractivity contribution is 5.79. The van der Waals surface area contributed by atoms with Gasteiger partial charge in [0.05, 0.1) is 24.1 Å². The first-order chi connectivity index (χ1) is 14.9.